The molecule has 0 saturated heterocycles. The lowest BCUT2D eigenvalue weighted by molar-refractivity contribution is 0.177. The lowest BCUT2D eigenvalue weighted by Gasteiger charge is -2.12. The third-order valence-corrected chi connectivity index (χ3v) is 2.07. The molecule has 15 heavy (non-hydrogen) atoms. The fourth-order valence-corrected chi connectivity index (χ4v) is 1.32. The molecule has 0 aliphatic rings. The van der Waals surface area contributed by atoms with E-state index in [4.69, 9.17) is 4.74 Å². The Balaban J connectivity index is 2.86. The van der Waals surface area contributed by atoms with Crippen molar-refractivity contribution in [3.8, 4) is 11.5 Å². The summed E-state index contributed by atoms with van der Waals surface area (Å²) in [6, 6.07) is 4.86. The van der Waals surface area contributed by atoms with Crippen LogP contribution in [0.3, 0.4) is 0 Å². The zero-order chi connectivity index (χ0) is 11.3. The Morgan fingerprint density at radius 3 is 2.80 bits per heavy atom. The molecule has 1 aromatic carbocycles. The predicted molar refractivity (Wildman–Crippen MR) is 58.2 cm³/mol. The molecule has 4 heteroatoms. The number of nitrogens with one attached hydrogen (secondary N) is 1. The molecular formula is C11H17NO3. The summed E-state index contributed by atoms with van der Waals surface area (Å²) in [4.78, 5) is 0. The van der Waals surface area contributed by atoms with Gasteiger partial charge in [0.05, 0.1) is 12.7 Å². The number of aliphatic hydroxyl groups is 1. The Labute approximate surface area is 89.5 Å². The van der Waals surface area contributed by atoms with E-state index >= 15 is 0 Å². The fraction of sp³-hybridized carbons (Fsp3) is 0.455. The number of phenols is 1. The van der Waals surface area contributed by atoms with Gasteiger partial charge in [-0.05, 0) is 31.7 Å². The first-order valence-electron chi connectivity index (χ1n) is 4.97. The molecule has 0 bridgehead atoms. The standard InChI is InChI=1S/C11H17NO3/c1-3-15-11-6-8(4-5-9(11)13)10(14)7-12-2/h4-6,10,12-14H,3,7H2,1-2H3. The highest BCUT2D eigenvalue weighted by molar-refractivity contribution is 5.42. The van der Waals surface area contributed by atoms with Crippen LogP contribution in [0.5, 0.6) is 11.5 Å². The van der Waals surface area contributed by atoms with Gasteiger partial charge in [0.1, 0.15) is 0 Å². The number of rotatable bonds is 5. The Morgan fingerprint density at radius 1 is 1.47 bits per heavy atom. The van der Waals surface area contributed by atoms with Crippen molar-refractivity contribution in [2.45, 2.75) is 13.0 Å². The highest BCUT2D eigenvalue weighted by atomic mass is 16.5. The van der Waals surface area contributed by atoms with Gasteiger partial charge in [-0.2, -0.15) is 0 Å². The van der Waals surface area contributed by atoms with Gasteiger partial charge in [0.25, 0.3) is 0 Å². The highest BCUT2D eigenvalue weighted by Gasteiger charge is 2.09. The second-order valence-electron chi connectivity index (χ2n) is 3.23. The molecule has 3 N–H and O–H groups in total. The van der Waals surface area contributed by atoms with Crippen LogP contribution in [-0.2, 0) is 0 Å². The second kappa shape index (κ2) is 5.58. The van der Waals surface area contributed by atoms with E-state index in [0.29, 0.717) is 18.9 Å². The Morgan fingerprint density at radius 2 is 2.20 bits per heavy atom. The number of ether oxygens (including phenoxy) is 1. The quantitative estimate of drug-likeness (QED) is 0.681. The molecule has 1 atom stereocenters. The van der Waals surface area contributed by atoms with Crippen molar-refractivity contribution in [3.05, 3.63) is 23.8 Å². The molecule has 0 fully saturated rings. The van der Waals surface area contributed by atoms with Crippen molar-refractivity contribution in [3.63, 3.8) is 0 Å². The molecule has 0 aromatic heterocycles. The summed E-state index contributed by atoms with van der Waals surface area (Å²) in [6.07, 6.45) is -0.588. The van der Waals surface area contributed by atoms with Crippen molar-refractivity contribution in [2.75, 3.05) is 20.2 Å². The van der Waals surface area contributed by atoms with Crippen LogP contribution in [0.1, 0.15) is 18.6 Å². The van der Waals surface area contributed by atoms with Crippen molar-refractivity contribution < 1.29 is 14.9 Å². The maximum absolute atomic E-state index is 9.70. The normalized spacial score (nSPS) is 12.5. The van der Waals surface area contributed by atoms with Gasteiger partial charge in [-0.15, -0.1) is 0 Å². The summed E-state index contributed by atoms with van der Waals surface area (Å²) < 4.78 is 5.22. The van der Waals surface area contributed by atoms with Gasteiger partial charge in [-0.1, -0.05) is 6.07 Å². The van der Waals surface area contributed by atoms with Gasteiger partial charge >= 0.3 is 0 Å². The lowest BCUT2D eigenvalue weighted by Crippen LogP contribution is -2.16. The number of phenolic OH excluding ortho intramolecular Hbond substituents is 1. The molecule has 0 aliphatic heterocycles. The van der Waals surface area contributed by atoms with E-state index in [2.05, 4.69) is 5.32 Å². The van der Waals surface area contributed by atoms with E-state index in [1.165, 1.54) is 6.07 Å². The molecule has 0 spiro atoms. The van der Waals surface area contributed by atoms with Crippen LogP contribution in [0.4, 0.5) is 0 Å². The van der Waals surface area contributed by atoms with Crippen LogP contribution in [0, 0.1) is 0 Å². The molecular weight excluding hydrogens is 194 g/mol. The molecule has 4 nitrogen and oxygen atoms in total. The largest absolute Gasteiger partial charge is 0.504 e. The van der Waals surface area contributed by atoms with Gasteiger partial charge < -0.3 is 20.3 Å². The van der Waals surface area contributed by atoms with Gasteiger partial charge in [0.15, 0.2) is 11.5 Å². The first-order valence-corrected chi connectivity index (χ1v) is 4.97. The molecule has 1 aromatic rings. The minimum absolute atomic E-state index is 0.0947. The summed E-state index contributed by atoms with van der Waals surface area (Å²) in [5.74, 6) is 0.502. The summed E-state index contributed by atoms with van der Waals surface area (Å²) in [7, 11) is 1.77. The minimum atomic E-state index is -0.588. The predicted octanol–water partition coefficient (Wildman–Crippen LogP) is 1.04. The van der Waals surface area contributed by atoms with Crippen molar-refractivity contribution in [1.82, 2.24) is 5.32 Å². The third-order valence-electron chi connectivity index (χ3n) is 2.07. The second-order valence-corrected chi connectivity index (χ2v) is 3.23. The molecule has 0 amide bonds. The minimum Gasteiger partial charge on any atom is -0.504 e. The van der Waals surface area contributed by atoms with E-state index in [1.807, 2.05) is 6.92 Å². The zero-order valence-electron chi connectivity index (χ0n) is 9.03. The summed E-state index contributed by atoms with van der Waals surface area (Å²) >= 11 is 0. The zero-order valence-corrected chi connectivity index (χ0v) is 9.03. The molecule has 84 valence electrons. The van der Waals surface area contributed by atoms with E-state index in [-0.39, 0.29) is 5.75 Å². The average molecular weight is 211 g/mol. The number of likely N-dealkylation sites (N-methyl/N-ethyl adjacent to an activating group) is 1. The number of aliphatic hydroxyl groups excluding tert-OH is 1. The van der Waals surface area contributed by atoms with Gasteiger partial charge in [-0.3, -0.25) is 0 Å². The van der Waals surface area contributed by atoms with Crippen LogP contribution in [0.15, 0.2) is 18.2 Å². The van der Waals surface area contributed by atoms with Crippen LogP contribution in [0.25, 0.3) is 0 Å². The summed E-state index contributed by atoms with van der Waals surface area (Å²) in [5, 5.41) is 22.0. The maximum Gasteiger partial charge on any atom is 0.161 e. The van der Waals surface area contributed by atoms with E-state index in [9.17, 15) is 10.2 Å². The lowest BCUT2D eigenvalue weighted by atomic mass is 10.1. The highest BCUT2D eigenvalue weighted by Crippen LogP contribution is 2.29. The smallest absolute Gasteiger partial charge is 0.161 e. The maximum atomic E-state index is 9.70. The number of benzene rings is 1. The molecule has 0 aliphatic carbocycles. The fourth-order valence-electron chi connectivity index (χ4n) is 1.32. The van der Waals surface area contributed by atoms with Crippen molar-refractivity contribution in [1.29, 1.82) is 0 Å². The number of hydrogen-bond donors (Lipinski definition) is 3. The van der Waals surface area contributed by atoms with Gasteiger partial charge in [0.2, 0.25) is 0 Å². The van der Waals surface area contributed by atoms with Crippen LogP contribution in [0.2, 0.25) is 0 Å². The van der Waals surface area contributed by atoms with Crippen molar-refractivity contribution >= 4 is 0 Å². The van der Waals surface area contributed by atoms with Gasteiger partial charge in [-0.25, -0.2) is 0 Å². The number of aromatic hydroxyl groups is 1. The van der Waals surface area contributed by atoms with Gasteiger partial charge in [0, 0.05) is 6.54 Å². The van der Waals surface area contributed by atoms with E-state index < -0.39 is 6.10 Å². The van der Waals surface area contributed by atoms with Crippen molar-refractivity contribution in [2.24, 2.45) is 0 Å². The Bertz CT molecular complexity index is 315. The van der Waals surface area contributed by atoms with Crippen LogP contribution < -0.4 is 10.1 Å². The first-order chi connectivity index (χ1) is 7.19. The summed E-state index contributed by atoms with van der Waals surface area (Å²) in [6.45, 7) is 2.80. The SMILES string of the molecule is CCOc1cc(C(O)CNC)ccc1O. The van der Waals surface area contributed by atoms with Crippen LogP contribution >= 0.6 is 0 Å². The average Bonchev–Trinajstić information content (AvgIpc) is 2.22. The monoisotopic (exact) mass is 211 g/mol. The topological polar surface area (TPSA) is 61.7 Å². The van der Waals surface area contributed by atoms with Crippen LogP contribution in [-0.4, -0.2) is 30.4 Å². The van der Waals surface area contributed by atoms with E-state index in [0.717, 1.165) is 5.56 Å². The Kier molecular flexibility index (Phi) is 4.39. The Hall–Kier alpha value is -1.26. The molecule has 0 radical (unpaired) electrons. The molecule has 0 saturated carbocycles. The molecule has 1 unspecified atom stereocenters. The molecule has 1 rings (SSSR count). The summed E-state index contributed by atoms with van der Waals surface area (Å²) in [5.41, 5.74) is 0.727. The first kappa shape index (κ1) is 11.8. The third kappa shape index (κ3) is 3.11. The number of hydrogen-bond acceptors (Lipinski definition) is 4. The van der Waals surface area contributed by atoms with E-state index in [1.54, 1.807) is 19.2 Å². The molecule has 0 heterocycles.